The van der Waals surface area contributed by atoms with Crippen molar-refractivity contribution in [2.75, 3.05) is 19.0 Å². The number of halogens is 1. The van der Waals surface area contributed by atoms with Crippen LogP contribution in [0.3, 0.4) is 0 Å². The van der Waals surface area contributed by atoms with Crippen LogP contribution in [0.1, 0.15) is 12.5 Å². The maximum Gasteiger partial charge on any atom is 0.319 e. The Morgan fingerprint density at radius 1 is 1.45 bits per heavy atom. The van der Waals surface area contributed by atoms with Crippen molar-refractivity contribution in [1.29, 1.82) is 0 Å². The molecule has 0 saturated carbocycles. The Labute approximate surface area is 137 Å². The Morgan fingerprint density at radius 2 is 2.23 bits per heavy atom. The highest BCUT2D eigenvalue weighted by Gasteiger charge is 2.24. The molecule has 7 heteroatoms. The number of thiophene rings is 1. The second-order valence-corrected chi connectivity index (χ2v) is 6.15. The van der Waals surface area contributed by atoms with Gasteiger partial charge in [-0.25, -0.2) is 4.79 Å². The number of nitrogens with one attached hydrogen (secondary N) is 2. The zero-order chi connectivity index (χ0) is 16.2. The van der Waals surface area contributed by atoms with Crippen LogP contribution in [0.15, 0.2) is 35.0 Å². The Morgan fingerprint density at radius 3 is 2.86 bits per heavy atom. The number of ether oxygens (including phenoxy) is 1. The number of aliphatic hydroxyl groups is 1. The number of methoxy groups -OCH3 is 1. The predicted molar refractivity (Wildman–Crippen MR) is 88.9 cm³/mol. The van der Waals surface area contributed by atoms with Gasteiger partial charge in [0.1, 0.15) is 11.4 Å². The van der Waals surface area contributed by atoms with Crippen molar-refractivity contribution < 1.29 is 14.6 Å². The van der Waals surface area contributed by atoms with Gasteiger partial charge < -0.3 is 20.5 Å². The van der Waals surface area contributed by atoms with Gasteiger partial charge in [0.25, 0.3) is 0 Å². The lowest BCUT2D eigenvalue weighted by Crippen LogP contribution is -2.40. The molecule has 0 aliphatic heterocycles. The van der Waals surface area contributed by atoms with Gasteiger partial charge in [0.05, 0.1) is 19.3 Å². The summed E-state index contributed by atoms with van der Waals surface area (Å²) in [5.74, 6) is 0.504. The van der Waals surface area contributed by atoms with Crippen molar-refractivity contribution in [3.8, 4) is 5.75 Å². The summed E-state index contributed by atoms with van der Waals surface area (Å²) < 4.78 is 5.16. The number of rotatable bonds is 5. The van der Waals surface area contributed by atoms with Crippen molar-refractivity contribution in [3.63, 3.8) is 0 Å². The molecule has 0 fully saturated rings. The second kappa shape index (κ2) is 7.00. The monoisotopic (exact) mass is 340 g/mol. The minimum atomic E-state index is -1.13. The maximum absolute atomic E-state index is 12.0. The first-order valence-electron chi connectivity index (χ1n) is 6.56. The molecule has 0 bridgehead atoms. The molecule has 118 valence electrons. The Kier molecular flexibility index (Phi) is 5.28. The Balaban J connectivity index is 1.98. The molecule has 3 N–H and O–H groups in total. The highest BCUT2D eigenvalue weighted by Crippen LogP contribution is 2.27. The molecule has 22 heavy (non-hydrogen) atoms. The van der Waals surface area contributed by atoms with E-state index >= 15 is 0 Å². The first-order valence-corrected chi connectivity index (χ1v) is 7.88. The fourth-order valence-electron chi connectivity index (χ4n) is 1.87. The quantitative estimate of drug-likeness (QED) is 0.780. The van der Waals surface area contributed by atoms with E-state index in [4.69, 9.17) is 16.3 Å². The topological polar surface area (TPSA) is 70.6 Å². The summed E-state index contributed by atoms with van der Waals surface area (Å²) in [6, 6.07) is 6.31. The first kappa shape index (κ1) is 16.6. The molecule has 1 aromatic carbocycles. The maximum atomic E-state index is 12.0. The zero-order valence-electron chi connectivity index (χ0n) is 12.2. The highest BCUT2D eigenvalue weighted by atomic mass is 35.5. The van der Waals surface area contributed by atoms with E-state index in [0.717, 1.165) is 5.56 Å². The fourth-order valence-corrected chi connectivity index (χ4v) is 2.82. The average molecular weight is 341 g/mol. The van der Waals surface area contributed by atoms with Crippen LogP contribution in [0.25, 0.3) is 0 Å². The number of carbonyl (C=O) groups excluding carboxylic acids is 1. The van der Waals surface area contributed by atoms with Gasteiger partial charge >= 0.3 is 6.03 Å². The summed E-state index contributed by atoms with van der Waals surface area (Å²) in [5, 5.41) is 19.9. The van der Waals surface area contributed by atoms with Crippen molar-refractivity contribution in [1.82, 2.24) is 5.32 Å². The molecule has 0 spiro atoms. The van der Waals surface area contributed by atoms with Gasteiger partial charge in [0.2, 0.25) is 0 Å². The van der Waals surface area contributed by atoms with Gasteiger partial charge in [0.15, 0.2) is 0 Å². The number of anilines is 1. The number of amides is 2. The van der Waals surface area contributed by atoms with Gasteiger partial charge in [-0.05, 0) is 47.5 Å². The van der Waals surface area contributed by atoms with Crippen LogP contribution < -0.4 is 15.4 Å². The lowest BCUT2D eigenvalue weighted by molar-refractivity contribution is 0.0604. The van der Waals surface area contributed by atoms with Crippen molar-refractivity contribution in [2.45, 2.75) is 12.5 Å². The summed E-state index contributed by atoms with van der Waals surface area (Å²) in [5.41, 5.74) is 0.0938. The van der Waals surface area contributed by atoms with Crippen LogP contribution in [-0.2, 0) is 5.60 Å². The second-order valence-electron chi connectivity index (χ2n) is 4.94. The molecule has 0 aliphatic rings. The zero-order valence-corrected chi connectivity index (χ0v) is 13.8. The van der Waals surface area contributed by atoms with Crippen LogP contribution >= 0.6 is 22.9 Å². The lowest BCUT2D eigenvalue weighted by Gasteiger charge is -2.23. The van der Waals surface area contributed by atoms with Crippen LogP contribution in [-0.4, -0.2) is 24.8 Å². The van der Waals surface area contributed by atoms with Crippen LogP contribution in [0.5, 0.6) is 5.75 Å². The number of benzene rings is 1. The smallest absolute Gasteiger partial charge is 0.319 e. The largest absolute Gasteiger partial charge is 0.495 e. The van der Waals surface area contributed by atoms with E-state index in [2.05, 4.69) is 10.6 Å². The Hall–Kier alpha value is -1.76. The van der Waals surface area contributed by atoms with Crippen molar-refractivity contribution in [3.05, 3.63) is 45.6 Å². The number of hydrogen-bond donors (Lipinski definition) is 3. The molecule has 5 nitrogen and oxygen atoms in total. The first-order chi connectivity index (χ1) is 10.4. The molecule has 2 rings (SSSR count). The Bertz CT molecular complexity index is 644. The van der Waals surface area contributed by atoms with Crippen molar-refractivity contribution >= 4 is 34.7 Å². The third-order valence-electron chi connectivity index (χ3n) is 3.15. The third-order valence-corrected chi connectivity index (χ3v) is 4.06. The molecule has 2 aromatic rings. The van der Waals surface area contributed by atoms with Crippen LogP contribution in [0.4, 0.5) is 10.5 Å². The average Bonchev–Trinajstić information content (AvgIpc) is 3.01. The van der Waals surface area contributed by atoms with Gasteiger partial charge in [-0.1, -0.05) is 11.6 Å². The lowest BCUT2D eigenvalue weighted by atomic mass is 9.99. The summed E-state index contributed by atoms with van der Waals surface area (Å²) in [6.45, 7) is 1.73. The van der Waals surface area contributed by atoms with Gasteiger partial charge in [-0.2, -0.15) is 11.3 Å². The van der Waals surface area contributed by atoms with Crippen LogP contribution in [0, 0.1) is 0 Å². The van der Waals surface area contributed by atoms with E-state index in [1.165, 1.54) is 18.4 Å². The van der Waals surface area contributed by atoms with E-state index in [-0.39, 0.29) is 6.54 Å². The number of hydrogen-bond acceptors (Lipinski definition) is 4. The molecule has 0 aliphatic carbocycles. The molecule has 1 heterocycles. The van der Waals surface area contributed by atoms with Gasteiger partial charge in [-0.3, -0.25) is 0 Å². The van der Waals surface area contributed by atoms with Gasteiger partial charge in [0, 0.05) is 5.02 Å². The van der Waals surface area contributed by atoms with Crippen molar-refractivity contribution in [2.24, 2.45) is 0 Å². The predicted octanol–water partition coefficient (Wildman–Crippen LogP) is 3.44. The normalized spacial score (nSPS) is 13.3. The van der Waals surface area contributed by atoms with E-state index < -0.39 is 11.6 Å². The minimum absolute atomic E-state index is 0.0818. The molecule has 0 radical (unpaired) electrons. The van der Waals surface area contributed by atoms with E-state index in [9.17, 15) is 9.90 Å². The molecule has 0 saturated heterocycles. The minimum Gasteiger partial charge on any atom is -0.495 e. The standard InChI is InChI=1S/C15H17ClN2O3S/c1-15(20,10-5-6-22-8-10)9-17-14(19)18-12-7-11(16)3-4-13(12)21-2/h3-8,20H,9H2,1-2H3,(H2,17,18,19). The molecular weight excluding hydrogens is 324 g/mol. The van der Waals surface area contributed by atoms with E-state index in [0.29, 0.717) is 16.5 Å². The molecular formula is C15H17ClN2O3S. The molecule has 1 aromatic heterocycles. The summed E-state index contributed by atoms with van der Waals surface area (Å²) >= 11 is 7.40. The highest BCUT2D eigenvalue weighted by molar-refractivity contribution is 7.08. The van der Waals surface area contributed by atoms with Gasteiger partial charge in [-0.15, -0.1) is 0 Å². The van der Waals surface area contributed by atoms with E-state index in [1.54, 1.807) is 25.1 Å². The molecule has 2 amide bonds. The molecule has 1 unspecified atom stereocenters. The number of carbonyl (C=O) groups is 1. The third kappa shape index (κ3) is 4.13. The molecule has 1 atom stereocenters. The fraction of sp³-hybridized carbons (Fsp3) is 0.267. The summed E-state index contributed by atoms with van der Waals surface area (Å²) in [7, 11) is 1.51. The van der Waals surface area contributed by atoms with E-state index in [1.807, 2.05) is 16.8 Å². The SMILES string of the molecule is COc1ccc(Cl)cc1NC(=O)NCC(C)(O)c1ccsc1. The van der Waals surface area contributed by atoms with Crippen LogP contribution in [0.2, 0.25) is 5.02 Å². The summed E-state index contributed by atoms with van der Waals surface area (Å²) in [6.07, 6.45) is 0. The number of urea groups is 1. The summed E-state index contributed by atoms with van der Waals surface area (Å²) in [4.78, 5) is 12.0.